The van der Waals surface area contributed by atoms with E-state index < -0.39 is 10.0 Å². The maximum Gasteiger partial charge on any atom is 0.262 e. The van der Waals surface area contributed by atoms with E-state index in [1.165, 1.54) is 0 Å². The van der Waals surface area contributed by atoms with Crippen LogP contribution < -0.4 is 4.72 Å². The molecule has 2 N–H and O–H groups in total. The first-order chi connectivity index (χ1) is 17.9. The van der Waals surface area contributed by atoms with Gasteiger partial charge in [-0.1, -0.05) is 77.9 Å². The lowest BCUT2D eigenvalue weighted by atomic mass is 9.87. The zero-order valence-electron chi connectivity index (χ0n) is 20.5. The number of anilines is 1. The van der Waals surface area contributed by atoms with E-state index in [2.05, 4.69) is 40.9 Å². The number of aryl methyl sites for hydroxylation is 2. The van der Waals surface area contributed by atoms with Crippen LogP contribution in [0.3, 0.4) is 0 Å². The Kier molecular flexibility index (Phi) is 5.61. The fourth-order valence-corrected chi connectivity index (χ4v) is 6.03. The molecule has 4 aromatic carbocycles. The number of para-hydroxylation sites is 2. The van der Waals surface area contributed by atoms with Crippen LogP contribution in [0.25, 0.3) is 21.9 Å². The number of aromatic nitrogens is 1. The number of hydrogen-bond acceptors (Lipinski definition) is 3. The summed E-state index contributed by atoms with van der Waals surface area (Å²) in [6.45, 7) is 3.98. The molecule has 184 valence electrons. The van der Waals surface area contributed by atoms with Gasteiger partial charge >= 0.3 is 0 Å². The van der Waals surface area contributed by atoms with Crippen LogP contribution >= 0.6 is 0 Å². The molecule has 0 fully saturated rings. The lowest BCUT2D eigenvalue weighted by Gasteiger charge is -2.18. The predicted octanol–water partition coefficient (Wildman–Crippen LogP) is 7.51. The van der Waals surface area contributed by atoms with Gasteiger partial charge in [0.15, 0.2) is 0 Å². The lowest BCUT2D eigenvalue weighted by Crippen LogP contribution is -2.15. The monoisotopic (exact) mass is 506 g/mol. The third-order valence-corrected chi connectivity index (χ3v) is 8.13. The Hall–Kier alpha value is -4.29. The van der Waals surface area contributed by atoms with E-state index in [0.717, 1.165) is 33.2 Å². The first-order valence-electron chi connectivity index (χ1n) is 12.1. The summed E-state index contributed by atoms with van der Waals surface area (Å²) in [5.41, 5.74) is 6.21. The highest BCUT2D eigenvalue weighted by molar-refractivity contribution is 7.92. The number of fused-ring (bicyclic) bond motifs is 2. The summed E-state index contributed by atoms with van der Waals surface area (Å²) in [7, 11) is -3.87. The van der Waals surface area contributed by atoms with Gasteiger partial charge in [0.05, 0.1) is 16.5 Å². The minimum absolute atomic E-state index is 0.202. The predicted molar refractivity (Wildman–Crippen MR) is 149 cm³/mol. The number of benzene rings is 4. The van der Waals surface area contributed by atoms with Gasteiger partial charge in [-0.25, -0.2) is 8.42 Å². The van der Waals surface area contributed by atoms with E-state index >= 15 is 0 Å². The van der Waals surface area contributed by atoms with E-state index in [1.54, 1.807) is 24.3 Å². The number of furan rings is 1. The molecule has 0 amide bonds. The van der Waals surface area contributed by atoms with Gasteiger partial charge in [-0.3, -0.25) is 4.72 Å². The molecule has 5 nitrogen and oxygen atoms in total. The van der Waals surface area contributed by atoms with Crippen LogP contribution in [0.1, 0.15) is 33.9 Å². The van der Waals surface area contributed by atoms with Gasteiger partial charge in [0, 0.05) is 22.5 Å². The molecule has 0 aliphatic heterocycles. The normalized spacial score (nSPS) is 12.7. The van der Waals surface area contributed by atoms with E-state index in [1.807, 2.05) is 61.7 Å². The van der Waals surface area contributed by atoms with Crippen molar-refractivity contribution in [2.24, 2.45) is 0 Å². The van der Waals surface area contributed by atoms with Crippen molar-refractivity contribution in [2.45, 2.75) is 24.7 Å². The maximum atomic E-state index is 13.6. The van der Waals surface area contributed by atoms with Gasteiger partial charge in [-0.2, -0.15) is 0 Å². The zero-order chi connectivity index (χ0) is 25.6. The number of rotatable bonds is 6. The first kappa shape index (κ1) is 23.1. The largest absolute Gasteiger partial charge is 0.458 e. The number of H-pyrrole nitrogens is 1. The van der Waals surface area contributed by atoms with Crippen molar-refractivity contribution in [3.8, 4) is 0 Å². The Labute approximate surface area is 215 Å². The van der Waals surface area contributed by atoms with E-state index in [0.29, 0.717) is 22.4 Å². The molecule has 0 bridgehead atoms. The van der Waals surface area contributed by atoms with Crippen molar-refractivity contribution in [3.63, 3.8) is 0 Å². The second kappa shape index (κ2) is 8.98. The average molecular weight is 507 g/mol. The third kappa shape index (κ3) is 4.19. The Morgan fingerprint density at radius 2 is 1.51 bits per heavy atom. The molecule has 1 atom stereocenters. The highest BCUT2D eigenvalue weighted by Gasteiger charge is 2.30. The molecule has 0 saturated heterocycles. The van der Waals surface area contributed by atoms with Crippen LogP contribution in [0.2, 0.25) is 0 Å². The second-order valence-corrected chi connectivity index (χ2v) is 11.1. The minimum atomic E-state index is -3.87. The summed E-state index contributed by atoms with van der Waals surface area (Å²) >= 11 is 0. The molecule has 37 heavy (non-hydrogen) atoms. The summed E-state index contributed by atoms with van der Waals surface area (Å²) in [6, 6.07) is 30.7. The van der Waals surface area contributed by atoms with Crippen molar-refractivity contribution in [1.29, 1.82) is 0 Å². The van der Waals surface area contributed by atoms with E-state index in [-0.39, 0.29) is 10.8 Å². The number of aromatic amines is 1. The quantitative estimate of drug-likeness (QED) is 0.245. The fraction of sp³-hybridized carbons (Fsp3) is 0.0968. The molecule has 1 unspecified atom stereocenters. The SMILES string of the molecule is Cc1ccc(S(=O)(=O)Nc2c(C(c3cccc(C)c3)c3c[nH]c4ccccc34)oc3ccccc23)cc1. The van der Waals surface area contributed by atoms with Crippen LogP contribution in [0, 0.1) is 13.8 Å². The minimum Gasteiger partial charge on any atom is -0.458 e. The molecule has 6 heteroatoms. The molecular weight excluding hydrogens is 480 g/mol. The molecule has 0 aliphatic rings. The van der Waals surface area contributed by atoms with Crippen molar-refractivity contribution < 1.29 is 12.8 Å². The van der Waals surface area contributed by atoms with Crippen LogP contribution in [-0.2, 0) is 10.0 Å². The number of nitrogens with one attached hydrogen (secondary N) is 2. The molecule has 0 spiro atoms. The summed E-state index contributed by atoms with van der Waals surface area (Å²) in [6.07, 6.45) is 1.99. The Morgan fingerprint density at radius 1 is 0.784 bits per heavy atom. The average Bonchev–Trinajstić information content (AvgIpc) is 3.47. The van der Waals surface area contributed by atoms with Gasteiger partial charge in [0.2, 0.25) is 0 Å². The van der Waals surface area contributed by atoms with E-state index in [4.69, 9.17) is 4.42 Å². The summed E-state index contributed by atoms with van der Waals surface area (Å²) < 4.78 is 36.5. The van der Waals surface area contributed by atoms with Gasteiger partial charge in [0.1, 0.15) is 11.3 Å². The zero-order valence-corrected chi connectivity index (χ0v) is 21.3. The molecule has 6 aromatic rings. The Bertz CT molecular complexity index is 1850. The Balaban J connectivity index is 1.60. The van der Waals surface area contributed by atoms with Gasteiger partial charge < -0.3 is 9.40 Å². The van der Waals surface area contributed by atoms with Gasteiger partial charge in [-0.15, -0.1) is 0 Å². The molecule has 2 aromatic heterocycles. The van der Waals surface area contributed by atoms with Gasteiger partial charge in [-0.05, 0) is 55.3 Å². The highest BCUT2D eigenvalue weighted by atomic mass is 32.2. The topological polar surface area (TPSA) is 75.1 Å². The smallest absolute Gasteiger partial charge is 0.262 e. The van der Waals surface area contributed by atoms with Crippen LogP contribution in [0.4, 0.5) is 5.69 Å². The summed E-state index contributed by atoms with van der Waals surface area (Å²) in [5, 5.41) is 1.77. The first-order valence-corrected chi connectivity index (χ1v) is 13.6. The molecule has 2 heterocycles. The van der Waals surface area contributed by atoms with Crippen molar-refractivity contribution in [1.82, 2.24) is 4.98 Å². The number of sulfonamides is 1. The van der Waals surface area contributed by atoms with Crippen LogP contribution in [-0.4, -0.2) is 13.4 Å². The molecule has 0 radical (unpaired) electrons. The maximum absolute atomic E-state index is 13.6. The fourth-order valence-electron chi connectivity index (χ4n) is 4.94. The molecule has 6 rings (SSSR count). The standard InChI is InChI=1S/C31H26N2O3S/c1-20-14-16-23(17-15-20)37(34,35)33-30-25-11-4-6-13-28(25)36-31(30)29(22-9-7-8-21(2)18-22)26-19-32-27-12-5-3-10-24(26)27/h3-19,29,32-33H,1-2H3. The van der Waals surface area contributed by atoms with Gasteiger partial charge in [0.25, 0.3) is 10.0 Å². The van der Waals surface area contributed by atoms with Crippen molar-refractivity contribution in [2.75, 3.05) is 4.72 Å². The number of hydrogen-bond donors (Lipinski definition) is 2. The Morgan fingerprint density at radius 3 is 2.30 bits per heavy atom. The summed E-state index contributed by atoms with van der Waals surface area (Å²) in [5.74, 6) is 0.200. The lowest BCUT2D eigenvalue weighted by molar-refractivity contribution is 0.544. The van der Waals surface area contributed by atoms with Crippen molar-refractivity contribution >= 4 is 37.6 Å². The second-order valence-electron chi connectivity index (χ2n) is 9.39. The van der Waals surface area contributed by atoms with E-state index in [9.17, 15) is 8.42 Å². The van der Waals surface area contributed by atoms with Crippen molar-refractivity contribution in [3.05, 3.63) is 131 Å². The molecule has 0 aliphatic carbocycles. The van der Waals surface area contributed by atoms with Crippen LogP contribution in [0.5, 0.6) is 0 Å². The third-order valence-electron chi connectivity index (χ3n) is 6.76. The highest BCUT2D eigenvalue weighted by Crippen LogP contribution is 2.44. The summed E-state index contributed by atoms with van der Waals surface area (Å²) in [4.78, 5) is 3.58. The van der Waals surface area contributed by atoms with Crippen LogP contribution in [0.15, 0.2) is 113 Å². The molecular formula is C31H26N2O3S. The molecule has 0 saturated carbocycles.